The zero-order valence-electron chi connectivity index (χ0n) is 16.7. The van der Waals surface area contributed by atoms with Crippen molar-refractivity contribution in [1.82, 2.24) is 15.6 Å². The van der Waals surface area contributed by atoms with Gasteiger partial charge in [0.25, 0.3) is 0 Å². The van der Waals surface area contributed by atoms with Gasteiger partial charge in [-0.3, -0.25) is 4.98 Å². The van der Waals surface area contributed by atoms with E-state index in [0.717, 1.165) is 29.2 Å². The molecule has 5 atom stereocenters. The lowest BCUT2D eigenvalue weighted by atomic mass is 10.0. The largest absolute Gasteiger partial charge is 0.493 e. The Hall–Kier alpha value is -2.84. The van der Waals surface area contributed by atoms with Crippen LogP contribution in [0, 0.1) is 6.92 Å². The Bertz CT molecular complexity index is 923. The second-order valence-electron chi connectivity index (χ2n) is 7.79. The molecule has 158 valence electrons. The smallest absolute Gasteiger partial charge is 0.315 e. The summed E-state index contributed by atoms with van der Waals surface area (Å²) in [5.41, 5.74) is 1.82. The summed E-state index contributed by atoms with van der Waals surface area (Å²) in [4.78, 5) is 16.9. The number of ether oxygens (including phenoxy) is 4. The van der Waals surface area contributed by atoms with Gasteiger partial charge in [-0.2, -0.15) is 0 Å². The number of aromatic nitrogens is 1. The van der Waals surface area contributed by atoms with E-state index in [-0.39, 0.29) is 36.4 Å². The number of rotatable bonds is 4. The molecule has 1 aromatic carbocycles. The fourth-order valence-corrected chi connectivity index (χ4v) is 4.31. The van der Waals surface area contributed by atoms with Crippen LogP contribution in [0.5, 0.6) is 11.5 Å². The van der Waals surface area contributed by atoms with Crippen molar-refractivity contribution in [3.8, 4) is 11.5 Å². The zero-order chi connectivity index (χ0) is 20.5. The molecule has 0 saturated carbocycles. The second-order valence-corrected chi connectivity index (χ2v) is 7.79. The number of hydrogen-bond donors (Lipinski definition) is 2. The van der Waals surface area contributed by atoms with Crippen LogP contribution >= 0.6 is 0 Å². The van der Waals surface area contributed by atoms with E-state index < -0.39 is 0 Å². The minimum absolute atomic E-state index is 0.0813. The molecular formula is C22H25N3O5. The van der Waals surface area contributed by atoms with Gasteiger partial charge in [0, 0.05) is 18.2 Å². The molecule has 5 rings (SSSR count). The first kappa shape index (κ1) is 19.1. The summed E-state index contributed by atoms with van der Waals surface area (Å²) in [6.45, 7) is 3.28. The Labute approximate surface area is 174 Å². The summed E-state index contributed by atoms with van der Waals surface area (Å²) in [6.07, 6.45) is 1.78. The molecule has 1 aromatic heterocycles. The number of benzene rings is 1. The van der Waals surface area contributed by atoms with Crippen molar-refractivity contribution in [2.45, 2.75) is 43.7 Å². The van der Waals surface area contributed by atoms with E-state index in [1.165, 1.54) is 0 Å². The minimum Gasteiger partial charge on any atom is -0.493 e. The molecule has 0 spiro atoms. The van der Waals surface area contributed by atoms with Crippen LogP contribution in [0.3, 0.4) is 0 Å². The lowest BCUT2D eigenvalue weighted by Gasteiger charge is -2.27. The van der Waals surface area contributed by atoms with Crippen LogP contribution in [-0.4, -0.2) is 55.2 Å². The molecule has 2 aromatic rings. The highest BCUT2D eigenvalue weighted by Crippen LogP contribution is 2.32. The third-order valence-electron chi connectivity index (χ3n) is 5.83. The van der Waals surface area contributed by atoms with E-state index in [2.05, 4.69) is 15.6 Å². The van der Waals surface area contributed by atoms with E-state index in [1.54, 1.807) is 6.20 Å². The van der Waals surface area contributed by atoms with Crippen molar-refractivity contribution in [3.63, 3.8) is 0 Å². The number of nitrogens with zero attached hydrogens (tertiary/aromatic N) is 1. The zero-order valence-corrected chi connectivity index (χ0v) is 16.7. The van der Waals surface area contributed by atoms with Crippen molar-refractivity contribution in [2.24, 2.45) is 0 Å². The molecule has 2 saturated heterocycles. The Morgan fingerprint density at radius 3 is 2.87 bits per heavy atom. The number of carbonyl (C=O) groups is 1. The highest BCUT2D eigenvalue weighted by Gasteiger charge is 2.49. The molecule has 30 heavy (non-hydrogen) atoms. The number of hydrogen-bond acceptors (Lipinski definition) is 6. The first-order valence-electron chi connectivity index (χ1n) is 10.3. The fraction of sp³-hybridized carbons (Fsp3) is 0.455. The normalized spacial score (nSPS) is 29.4. The van der Waals surface area contributed by atoms with Crippen LogP contribution in [0.2, 0.25) is 0 Å². The van der Waals surface area contributed by atoms with Crippen LogP contribution in [0.25, 0.3) is 0 Å². The van der Waals surface area contributed by atoms with Gasteiger partial charge in [0.05, 0.1) is 37.6 Å². The van der Waals surface area contributed by atoms with Crippen LogP contribution in [-0.2, 0) is 9.47 Å². The summed E-state index contributed by atoms with van der Waals surface area (Å²) in [7, 11) is 0. The van der Waals surface area contributed by atoms with Gasteiger partial charge in [-0.1, -0.05) is 18.2 Å². The van der Waals surface area contributed by atoms with Crippen LogP contribution < -0.4 is 20.1 Å². The molecule has 0 bridgehead atoms. The summed E-state index contributed by atoms with van der Waals surface area (Å²) >= 11 is 0. The Morgan fingerprint density at radius 1 is 1.10 bits per heavy atom. The van der Waals surface area contributed by atoms with Crippen LogP contribution in [0.15, 0.2) is 42.6 Å². The monoisotopic (exact) mass is 411 g/mol. The van der Waals surface area contributed by atoms with Gasteiger partial charge in [0.2, 0.25) is 0 Å². The molecule has 0 radical (unpaired) electrons. The van der Waals surface area contributed by atoms with E-state index in [4.69, 9.17) is 18.9 Å². The van der Waals surface area contributed by atoms with Gasteiger partial charge in [0.1, 0.15) is 23.7 Å². The maximum atomic E-state index is 12.7. The second kappa shape index (κ2) is 8.12. The maximum Gasteiger partial charge on any atom is 0.315 e. The fourth-order valence-electron chi connectivity index (χ4n) is 4.31. The van der Waals surface area contributed by atoms with E-state index in [0.29, 0.717) is 19.8 Å². The van der Waals surface area contributed by atoms with Crippen LogP contribution in [0.4, 0.5) is 4.79 Å². The molecule has 8 nitrogen and oxygen atoms in total. The van der Waals surface area contributed by atoms with E-state index in [1.807, 2.05) is 43.3 Å². The molecule has 2 N–H and O–H groups in total. The predicted molar refractivity (Wildman–Crippen MR) is 108 cm³/mol. The molecule has 2 unspecified atom stereocenters. The molecule has 3 aliphatic heterocycles. The van der Waals surface area contributed by atoms with E-state index >= 15 is 0 Å². The number of nitrogens with one attached hydrogen (secondary N) is 2. The lowest BCUT2D eigenvalue weighted by molar-refractivity contribution is 0.0299. The summed E-state index contributed by atoms with van der Waals surface area (Å²) < 4.78 is 23.6. The number of urea groups is 1. The molecule has 2 amide bonds. The Kier molecular flexibility index (Phi) is 5.18. The van der Waals surface area contributed by atoms with Gasteiger partial charge >= 0.3 is 6.03 Å². The Balaban J connectivity index is 1.19. The quantitative estimate of drug-likeness (QED) is 0.801. The minimum atomic E-state index is -0.236. The molecular weight excluding hydrogens is 386 g/mol. The standard InChI is InChI=1S/C22H25N3O5/c1-13-17(7-4-9-23-13)30-19-12-29-20-16(11-28-21(19)20)25-22(26)24-15-8-10-27-18-6-3-2-5-14(15)18/h2-7,9,15-16,19-21H,8,10-12H2,1H3,(H2,24,25,26)/t15?,16-,19+,20?,21-/m1/s1. The molecule has 2 fully saturated rings. The summed E-state index contributed by atoms with van der Waals surface area (Å²) in [5, 5.41) is 6.08. The van der Waals surface area contributed by atoms with Gasteiger partial charge in [0.15, 0.2) is 6.10 Å². The molecule has 3 aliphatic rings. The summed E-state index contributed by atoms with van der Waals surface area (Å²) in [6, 6.07) is 11.0. The number of pyridine rings is 1. The molecule has 8 heteroatoms. The highest BCUT2D eigenvalue weighted by atomic mass is 16.6. The van der Waals surface area contributed by atoms with Gasteiger partial charge in [-0.15, -0.1) is 0 Å². The average molecular weight is 411 g/mol. The van der Waals surface area contributed by atoms with Crippen molar-refractivity contribution in [2.75, 3.05) is 19.8 Å². The first-order valence-corrected chi connectivity index (χ1v) is 10.3. The summed E-state index contributed by atoms with van der Waals surface area (Å²) in [5.74, 6) is 1.55. The van der Waals surface area contributed by atoms with Crippen molar-refractivity contribution in [3.05, 3.63) is 53.9 Å². The maximum absolute atomic E-state index is 12.7. The van der Waals surface area contributed by atoms with Gasteiger partial charge < -0.3 is 29.6 Å². The molecule has 4 heterocycles. The molecule has 0 aliphatic carbocycles. The number of amides is 2. The Morgan fingerprint density at radius 2 is 1.97 bits per heavy atom. The predicted octanol–water partition coefficient (Wildman–Crippen LogP) is 2.13. The van der Waals surface area contributed by atoms with Crippen LogP contribution in [0.1, 0.15) is 23.7 Å². The number of aryl methyl sites for hydroxylation is 1. The number of carbonyl (C=O) groups excluding carboxylic acids is 1. The third kappa shape index (κ3) is 3.68. The van der Waals surface area contributed by atoms with Crippen molar-refractivity contribution >= 4 is 6.03 Å². The van der Waals surface area contributed by atoms with Gasteiger partial charge in [-0.05, 0) is 25.1 Å². The SMILES string of the molecule is Cc1ncccc1O[C@H]1COC2[C@H](NC(=O)NC3CCOc4ccccc43)CO[C@@H]21. The first-order chi connectivity index (χ1) is 14.7. The van der Waals surface area contributed by atoms with E-state index in [9.17, 15) is 4.79 Å². The lowest BCUT2D eigenvalue weighted by Crippen LogP contribution is -2.49. The van der Waals surface area contributed by atoms with Crippen molar-refractivity contribution in [1.29, 1.82) is 0 Å². The number of para-hydroxylation sites is 1. The number of fused-ring (bicyclic) bond motifs is 2. The average Bonchev–Trinajstić information content (AvgIpc) is 3.33. The van der Waals surface area contributed by atoms with Crippen molar-refractivity contribution < 1.29 is 23.7 Å². The third-order valence-corrected chi connectivity index (χ3v) is 5.83. The highest BCUT2D eigenvalue weighted by molar-refractivity contribution is 5.75. The topological polar surface area (TPSA) is 90.9 Å². The van der Waals surface area contributed by atoms with Gasteiger partial charge in [-0.25, -0.2) is 4.79 Å².